The van der Waals surface area contributed by atoms with Gasteiger partial charge in [-0.25, -0.2) is 9.67 Å². The summed E-state index contributed by atoms with van der Waals surface area (Å²) < 4.78 is 3.70. The van der Waals surface area contributed by atoms with E-state index in [1.807, 2.05) is 53.9 Å². The summed E-state index contributed by atoms with van der Waals surface area (Å²) in [5, 5.41) is 8.24. The van der Waals surface area contributed by atoms with Crippen molar-refractivity contribution >= 4 is 16.9 Å². The van der Waals surface area contributed by atoms with Gasteiger partial charge >= 0.3 is 0 Å². The molecule has 24 heavy (non-hydrogen) atoms. The zero-order valence-corrected chi connectivity index (χ0v) is 13.9. The minimum Gasteiger partial charge on any atom is -0.336 e. The molecule has 1 fully saturated rings. The number of aryl methyl sites for hydroxylation is 2. The van der Waals surface area contributed by atoms with Crippen LogP contribution in [0.3, 0.4) is 0 Å². The predicted octanol–water partition coefficient (Wildman–Crippen LogP) is 1.84. The molecule has 2 aromatic heterocycles. The Kier molecular flexibility index (Phi) is 3.55. The van der Waals surface area contributed by atoms with Crippen LogP contribution in [0, 0.1) is 6.92 Å². The van der Waals surface area contributed by atoms with Crippen LogP contribution < -0.4 is 0 Å². The lowest BCUT2D eigenvalue weighted by Crippen LogP contribution is -2.34. The van der Waals surface area contributed by atoms with Gasteiger partial charge in [0.15, 0.2) is 0 Å². The van der Waals surface area contributed by atoms with Crippen molar-refractivity contribution in [2.24, 2.45) is 7.05 Å². The average Bonchev–Trinajstić information content (AvgIpc) is 3.26. The van der Waals surface area contributed by atoms with E-state index in [1.54, 1.807) is 4.68 Å². The number of benzene rings is 1. The van der Waals surface area contributed by atoms with E-state index >= 15 is 0 Å². The van der Waals surface area contributed by atoms with Gasteiger partial charge in [0, 0.05) is 19.8 Å². The van der Waals surface area contributed by atoms with Crippen LogP contribution in [0.15, 0.2) is 30.5 Å². The standard InChI is InChI=1S/C17H20N6O/c1-12-10-21(2)17(18-12)15-8-5-9-22(15)16(24)11-23-14-7-4-3-6-13(14)19-20-23/h3-4,6-7,10,15H,5,8-9,11H2,1-2H3. The Morgan fingerprint density at radius 1 is 1.33 bits per heavy atom. The summed E-state index contributed by atoms with van der Waals surface area (Å²) in [6.45, 7) is 2.95. The molecule has 1 aliphatic heterocycles. The fourth-order valence-corrected chi connectivity index (χ4v) is 3.53. The SMILES string of the molecule is Cc1cn(C)c(C2CCCN2C(=O)Cn2nnc3ccccc32)n1. The molecule has 1 aliphatic rings. The number of amides is 1. The summed E-state index contributed by atoms with van der Waals surface area (Å²) in [7, 11) is 1.99. The molecule has 0 radical (unpaired) electrons. The molecular weight excluding hydrogens is 304 g/mol. The lowest BCUT2D eigenvalue weighted by atomic mass is 10.2. The number of rotatable bonds is 3. The highest BCUT2D eigenvalue weighted by Gasteiger charge is 2.33. The molecule has 1 atom stereocenters. The first-order valence-electron chi connectivity index (χ1n) is 8.21. The molecule has 3 heterocycles. The number of hydrogen-bond acceptors (Lipinski definition) is 4. The highest BCUT2D eigenvalue weighted by atomic mass is 16.2. The number of carbonyl (C=O) groups is 1. The van der Waals surface area contributed by atoms with Crippen LogP contribution in [0.25, 0.3) is 11.0 Å². The first-order chi connectivity index (χ1) is 11.6. The summed E-state index contributed by atoms with van der Waals surface area (Å²) >= 11 is 0. The quantitative estimate of drug-likeness (QED) is 0.737. The second kappa shape index (κ2) is 5.74. The van der Waals surface area contributed by atoms with Crippen molar-refractivity contribution in [1.82, 2.24) is 29.4 Å². The number of para-hydroxylation sites is 1. The maximum Gasteiger partial charge on any atom is 0.245 e. The van der Waals surface area contributed by atoms with E-state index in [0.717, 1.165) is 41.9 Å². The lowest BCUT2D eigenvalue weighted by molar-refractivity contribution is -0.133. The van der Waals surface area contributed by atoms with Crippen LogP contribution in [0.1, 0.15) is 30.4 Å². The highest BCUT2D eigenvalue weighted by Crippen LogP contribution is 2.31. The molecule has 0 spiro atoms. The van der Waals surface area contributed by atoms with Crippen LogP contribution in [0.5, 0.6) is 0 Å². The average molecular weight is 324 g/mol. The largest absolute Gasteiger partial charge is 0.336 e. The van der Waals surface area contributed by atoms with E-state index in [2.05, 4.69) is 15.3 Å². The lowest BCUT2D eigenvalue weighted by Gasteiger charge is -2.24. The predicted molar refractivity (Wildman–Crippen MR) is 89.2 cm³/mol. The molecule has 0 N–H and O–H groups in total. The zero-order valence-electron chi connectivity index (χ0n) is 13.9. The van der Waals surface area contributed by atoms with E-state index in [4.69, 9.17) is 0 Å². The second-order valence-corrected chi connectivity index (χ2v) is 6.33. The third kappa shape index (κ3) is 2.46. The van der Waals surface area contributed by atoms with E-state index in [1.165, 1.54) is 0 Å². The Hall–Kier alpha value is -2.70. The van der Waals surface area contributed by atoms with Gasteiger partial charge in [0.05, 0.1) is 17.3 Å². The van der Waals surface area contributed by atoms with Gasteiger partial charge in [-0.2, -0.15) is 0 Å². The first kappa shape index (κ1) is 14.9. The molecule has 1 aromatic carbocycles. The van der Waals surface area contributed by atoms with Crippen molar-refractivity contribution in [3.8, 4) is 0 Å². The van der Waals surface area contributed by atoms with Crippen molar-refractivity contribution in [2.75, 3.05) is 6.54 Å². The second-order valence-electron chi connectivity index (χ2n) is 6.33. The Labute approximate surface area is 139 Å². The molecule has 1 saturated heterocycles. The van der Waals surface area contributed by atoms with Crippen LogP contribution >= 0.6 is 0 Å². The van der Waals surface area contributed by atoms with Gasteiger partial charge in [0.1, 0.15) is 17.9 Å². The van der Waals surface area contributed by atoms with Crippen molar-refractivity contribution in [2.45, 2.75) is 32.4 Å². The summed E-state index contributed by atoms with van der Waals surface area (Å²) in [6.07, 6.45) is 3.95. The topological polar surface area (TPSA) is 68.8 Å². The summed E-state index contributed by atoms with van der Waals surface area (Å²) in [5.41, 5.74) is 2.67. The smallest absolute Gasteiger partial charge is 0.245 e. The Balaban J connectivity index is 1.58. The third-order valence-corrected chi connectivity index (χ3v) is 4.61. The highest BCUT2D eigenvalue weighted by molar-refractivity contribution is 5.80. The summed E-state index contributed by atoms with van der Waals surface area (Å²) in [4.78, 5) is 19.4. The van der Waals surface area contributed by atoms with Gasteiger partial charge < -0.3 is 9.47 Å². The molecular formula is C17H20N6O. The monoisotopic (exact) mass is 324 g/mol. The Morgan fingerprint density at radius 2 is 2.17 bits per heavy atom. The molecule has 0 saturated carbocycles. The molecule has 1 amide bonds. The number of likely N-dealkylation sites (tertiary alicyclic amines) is 1. The summed E-state index contributed by atoms with van der Waals surface area (Å²) in [5.74, 6) is 1.02. The van der Waals surface area contributed by atoms with Crippen LogP contribution in [0.4, 0.5) is 0 Å². The summed E-state index contributed by atoms with van der Waals surface area (Å²) in [6, 6.07) is 7.74. The van der Waals surface area contributed by atoms with Gasteiger partial charge in [0.25, 0.3) is 0 Å². The minimum atomic E-state index is 0.0472. The van der Waals surface area contributed by atoms with Crippen molar-refractivity contribution in [1.29, 1.82) is 0 Å². The van der Waals surface area contributed by atoms with Crippen LogP contribution in [-0.2, 0) is 18.4 Å². The number of nitrogens with zero attached hydrogens (tertiary/aromatic N) is 6. The van der Waals surface area contributed by atoms with Gasteiger partial charge in [-0.15, -0.1) is 5.10 Å². The number of imidazole rings is 1. The van der Waals surface area contributed by atoms with Gasteiger partial charge in [-0.3, -0.25) is 4.79 Å². The fraction of sp³-hybridized carbons (Fsp3) is 0.412. The number of hydrogen-bond donors (Lipinski definition) is 0. The third-order valence-electron chi connectivity index (χ3n) is 4.61. The van der Waals surface area contributed by atoms with E-state index < -0.39 is 0 Å². The number of aromatic nitrogens is 5. The zero-order chi connectivity index (χ0) is 16.7. The van der Waals surface area contributed by atoms with Crippen molar-refractivity contribution < 1.29 is 4.79 Å². The molecule has 124 valence electrons. The van der Waals surface area contributed by atoms with E-state index in [0.29, 0.717) is 0 Å². The molecule has 3 aromatic rings. The van der Waals surface area contributed by atoms with Crippen LogP contribution in [-0.4, -0.2) is 41.9 Å². The Bertz CT molecular complexity index is 896. The van der Waals surface area contributed by atoms with Gasteiger partial charge in [-0.05, 0) is 31.9 Å². The van der Waals surface area contributed by atoms with Crippen molar-refractivity contribution in [3.05, 3.63) is 42.0 Å². The molecule has 1 unspecified atom stereocenters. The van der Waals surface area contributed by atoms with Crippen LogP contribution in [0.2, 0.25) is 0 Å². The Morgan fingerprint density at radius 3 is 2.96 bits per heavy atom. The minimum absolute atomic E-state index is 0.0472. The number of carbonyl (C=O) groups excluding carboxylic acids is 1. The van der Waals surface area contributed by atoms with E-state index in [9.17, 15) is 4.79 Å². The molecule has 7 heteroatoms. The normalized spacial score (nSPS) is 17.8. The molecule has 0 bridgehead atoms. The first-order valence-corrected chi connectivity index (χ1v) is 8.21. The van der Waals surface area contributed by atoms with Crippen molar-refractivity contribution in [3.63, 3.8) is 0 Å². The molecule has 7 nitrogen and oxygen atoms in total. The maximum atomic E-state index is 12.9. The number of fused-ring (bicyclic) bond motifs is 1. The van der Waals surface area contributed by atoms with Gasteiger partial charge in [-0.1, -0.05) is 17.3 Å². The molecule has 4 rings (SSSR count). The maximum absolute atomic E-state index is 12.9. The van der Waals surface area contributed by atoms with E-state index in [-0.39, 0.29) is 18.5 Å². The molecule has 0 aliphatic carbocycles. The fourth-order valence-electron chi connectivity index (χ4n) is 3.53. The van der Waals surface area contributed by atoms with Gasteiger partial charge in [0.2, 0.25) is 5.91 Å².